The number of anilines is 1. The van der Waals surface area contributed by atoms with Crippen molar-refractivity contribution in [3.63, 3.8) is 0 Å². The summed E-state index contributed by atoms with van der Waals surface area (Å²) < 4.78 is 14.1. The number of carbonyl (C=O) groups excluding carboxylic acids is 1. The first-order valence-electron chi connectivity index (χ1n) is 8.96. The highest BCUT2D eigenvalue weighted by molar-refractivity contribution is 7.18. The molecule has 0 aliphatic carbocycles. The fraction of sp³-hybridized carbons (Fsp3) is 0.389. The Balaban J connectivity index is 0.00000160. The van der Waals surface area contributed by atoms with Crippen LogP contribution >= 0.6 is 48.6 Å². The molecule has 4 rings (SSSR count). The smallest absolute Gasteiger partial charge is 0.274 e. The number of nitrogens with zero attached hydrogens (tertiary/aromatic N) is 5. The fourth-order valence-electron chi connectivity index (χ4n) is 3.11. The van der Waals surface area contributed by atoms with E-state index in [2.05, 4.69) is 25.3 Å². The molecule has 0 unspecified atom stereocenters. The molecule has 13 heteroatoms. The number of aryl methyl sites for hydroxylation is 1. The molecule has 0 saturated carbocycles. The van der Waals surface area contributed by atoms with Crippen molar-refractivity contribution in [2.45, 2.75) is 19.9 Å². The van der Waals surface area contributed by atoms with Crippen molar-refractivity contribution in [3.8, 4) is 0 Å². The number of aromatic nitrogens is 4. The molecule has 4 heterocycles. The minimum atomic E-state index is -0.416. The second-order valence-electron chi connectivity index (χ2n) is 6.90. The molecule has 1 saturated heterocycles. The number of thiazole rings is 1. The maximum atomic E-state index is 13.5. The van der Waals surface area contributed by atoms with E-state index in [-0.39, 0.29) is 55.1 Å². The molecule has 0 radical (unpaired) electrons. The van der Waals surface area contributed by atoms with Crippen LogP contribution in [0.1, 0.15) is 34.0 Å². The number of halogens is 4. The second-order valence-corrected chi connectivity index (χ2v) is 8.10. The fourth-order valence-corrected chi connectivity index (χ4v) is 3.95. The van der Waals surface area contributed by atoms with E-state index in [0.29, 0.717) is 47.2 Å². The zero-order chi connectivity index (χ0) is 19.8. The van der Waals surface area contributed by atoms with Crippen molar-refractivity contribution in [1.82, 2.24) is 24.8 Å². The summed E-state index contributed by atoms with van der Waals surface area (Å²) in [5.41, 5.74) is 7.12. The zero-order valence-corrected chi connectivity index (χ0v) is 20.0. The van der Waals surface area contributed by atoms with Gasteiger partial charge < -0.3 is 16.0 Å². The van der Waals surface area contributed by atoms with E-state index in [4.69, 9.17) is 5.73 Å². The summed E-state index contributed by atoms with van der Waals surface area (Å²) >= 11 is 1.40. The van der Waals surface area contributed by atoms with Gasteiger partial charge in [0.1, 0.15) is 10.5 Å². The van der Waals surface area contributed by atoms with E-state index >= 15 is 0 Å². The highest BCUT2D eigenvalue weighted by Crippen LogP contribution is 2.28. The van der Waals surface area contributed by atoms with Crippen LogP contribution in [0.15, 0.2) is 18.5 Å². The van der Waals surface area contributed by atoms with Crippen LogP contribution in [0, 0.1) is 18.7 Å². The Hall–Kier alpha value is -1.85. The van der Waals surface area contributed by atoms with Gasteiger partial charge >= 0.3 is 0 Å². The number of likely N-dealkylation sites (tertiary alicyclic amines) is 1. The SMILES string of the molecule is Cc1nc2nc(N[C@@H](C)c3cncc(F)c3)nc(C(=O)N3CC(CN)C3)c2s1.Cl.Cl.Cl. The van der Waals surface area contributed by atoms with Crippen molar-refractivity contribution in [3.05, 3.63) is 40.5 Å². The van der Waals surface area contributed by atoms with Gasteiger partial charge in [-0.1, -0.05) is 0 Å². The molecule has 170 valence electrons. The number of nitrogens with one attached hydrogen (secondary N) is 1. The maximum Gasteiger partial charge on any atom is 0.274 e. The third kappa shape index (κ3) is 5.69. The number of fused-ring (bicyclic) bond motifs is 1. The summed E-state index contributed by atoms with van der Waals surface area (Å²) in [5, 5.41) is 3.93. The first-order valence-corrected chi connectivity index (χ1v) is 9.77. The first-order chi connectivity index (χ1) is 13.4. The number of rotatable bonds is 5. The van der Waals surface area contributed by atoms with Crippen LogP contribution in [-0.4, -0.2) is 50.4 Å². The van der Waals surface area contributed by atoms with E-state index in [1.165, 1.54) is 17.4 Å². The molecule has 1 aliphatic rings. The van der Waals surface area contributed by atoms with E-state index in [9.17, 15) is 9.18 Å². The lowest BCUT2D eigenvalue weighted by atomic mass is 10.00. The Morgan fingerprint density at radius 2 is 2.00 bits per heavy atom. The van der Waals surface area contributed by atoms with Crippen LogP contribution in [-0.2, 0) is 0 Å². The van der Waals surface area contributed by atoms with Crippen LogP contribution in [0.5, 0.6) is 0 Å². The number of carbonyl (C=O) groups is 1. The van der Waals surface area contributed by atoms with Crippen LogP contribution in [0.3, 0.4) is 0 Å². The molecule has 0 bridgehead atoms. The third-order valence-electron chi connectivity index (χ3n) is 4.71. The molecule has 3 aromatic heterocycles. The van der Waals surface area contributed by atoms with Crippen LogP contribution in [0.25, 0.3) is 10.3 Å². The summed E-state index contributed by atoms with van der Waals surface area (Å²) in [7, 11) is 0. The molecule has 3 N–H and O–H groups in total. The first kappa shape index (κ1) is 27.2. The van der Waals surface area contributed by atoms with Gasteiger partial charge in [-0.2, -0.15) is 4.98 Å². The van der Waals surface area contributed by atoms with Crippen molar-refractivity contribution < 1.29 is 9.18 Å². The monoisotopic (exact) mass is 509 g/mol. The number of amides is 1. The Morgan fingerprint density at radius 1 is 1.29 bits per heavy atom. The van der Waals surface area contributed by atoms with Gasteiger partial charge in [0, 0.05) is 25.2 Å². The van der Waals surface area contributed by atoms with Crippen LogP contribution in [0.2, 0.25) is 0 Å². The van der Waals surface area contributed by atoms with E-state index < -0.39 is 5.82 Å². The molecule has 1 amide bonds. The summed E-state index contributed by atoms with van der Waals surface area (Å²) in [6, 6.07) is 1.10. The summed E-state index contributed by atoms with van der Waals surface area (Å²) in [4.78, 5) is 31.9. The highest BCUT2D eigenvalue weighted by Gasteiger charge is 2.32. The molecule has 8 nitrogen and oxygen atoms in total. The predicted molar refractivity (Wildman–Crippen MR) is 126 cm³/mol. The number of hydrogen-bond donors (Lipinski definition) is 2. The van der Waals surface area contributed by atoms with Crippen molar-refractivity contribution in [1.29, 1.82) is 0 Å². The Morgan fingerprint density at radius 3 is 2.65 bits per heavy atom. The summed E-state index contributed by atoms with van der Waals surface area (Å²) in [6.07, 6.45) is 2.72. The van der Waals surface area contributed by atoms with Gasteiger partial charge in [-0.3, -0.25) is 9.78 Å². The lowest BCUT2D eigenvalue weighted by Crippen LogP contribution is -2.52. The van der Waals surface area contributed by atoms with Gasteiger partial charge in [-0.05, 0) is 32.0 Å². The molecule has 3 aromatic rings. The van der Waals surface area contributed by atoms with Gasteiger partial charge in [0.05, 0.1) is 17.2 Å². The summed E-state index contributed by atoms with van der Waals surface area (Å²) in [6.45, 7) is 5.54. The molecule has 1 aliphatic heterocycles. The van der Waals surface area contributed by atoms with Gasteiger partial charge in [-0.15, -0.1) is 48.6 Å². The van der Waals surface area contributed by atoms with E-state index in [1.54, 1.807) is 11.1 Å². The van der Waals surface area contributed by atoms with Crippen LogP contribution in [0.4, 0.5) is 10.3 Å². The normalized spacial score (nSPS) is 14.0. The zero-order valence-electron chi connectivity index (χ0n) is 16.7. The Labute approximate surface area is 201 Å². The summed E-state index contributed by atoms with van der Waals surface area (Å²) in [5.74, 6) is 0.0426. The quantitative estimate of drug-likeness (QED) is 0.541. The Bertz CT molecular complexity index is 1050. The lowest BCUT2D eigenvalue weighted by molar-refractivity contribution is 0.0512. The minimum absolute atomic E-state index is 0. The van der Waals surface area contributed by atoms with E-state index in [0.717, 1.165) is 11.2 Å². The molecule has 1 atom stereocenters. The third-order valence-corrected chi connectivity index (χ3v) is 5.68. The van der Waals surface area contributed by atoms with Gasteiger partial charge in [0.2, 0.25) is 5.95 Å². The predicted octanol–water partition coefficient (Wildman–Crippen LogP) is 3.40. The molecule has 0 aromatic carbocycles. The number of hydrogen-bond acceptors (Lipinski definition) is 8. The maximum absolute atomic E-state index is 13.5. The van der Waals surface area contributed by atoms with Crippen molar-refractivity contribution in [2.75, 3.05) is 25.0 Å². The molecule has 0 spiro atoms. The van der Waals surface area contributed by atoms with Gasteiger partial charge in [0.15, 0.2) is 11.3 Å². The van der Waals surface area contributed by atoms with Gasteiger partial charge in [-0.25, -0.2) is 14.4 Å². The minimum Gasteiger partial charge on any atom is -0.348 e. The molecule has 1 fully saturated rings. The van der Waals surface area contributed by atoms with Crippen molar-refractivity contribution in [2.24, 2.45) is 11.7 Å². The Kier molecular flexibility index (Phi) is 9.77. The number of pyridine rings is 1. The standard InChI is InChI=1S/C18H20FN7OS.3ClH/c1-9(12-3-13(19)6-21-5-12)22-18-24-14(15-16(25-18)23-10(2)28-15)17(27)26-7-11(4-20)8-26;;;/h3,5-6,9,11H,4,7-8,20H2,1-2H3,(H,22,24,25);3*1H/t9-;;;/m0.../s1. The molecular weight excluding hydrogens is 488 g/mol. The van der Waals surface area contributed by atoms with E-state index in [1.807, 2.05) is 13.8 Å². The van der Waals surface area contributed by atoms with Crippen molar-refractivity contribution >= 4 is 70.8 Å². The number of nitrogens with two attached hydrogens (primary N) is 1. The largest absolute Gasteiger partial charge is 0.348 e. The molecule has 31 heavy (non-hydrogen) atoms. The highest BCUT2D eigenvalue weighted by atomic mass is 35.5. The lowest BCUT2D eigenvalue weighted by Gasteiger charge is -2.38. The second kappa shape index (κ2) is 11.1. The average Bonchev–Trinajstić information content (AvgIpc) is 3.00. The average molecular weight is 511 g/mol. The topological polar surface area (TPSA) is 110 Å². The molecular formula is C18H23Cl3FN7OS. The van der Waals surface area contributed by atoms with Crippen LogP contribution < -0.4 is 11.1 Å². The van der Waals surface area contributed by atoms with Gasteiger partial charge in [0.25, 0.3) is 5.91 Å².